The van der Waals surface area contributed by atoms with E-state index in [2.05, 4.69) is 10.5 Å². The lowest BCUT2D eigenvalue weighted by Gasteiger charge is -2.03. The molecule has 0 spiro atoms. The van der Waals surface area contributed by atoms with Crippen LogP contribution in [-0.4, -0.2) is 11.6 Å². The Morgan fingerprint density at radius 3 is 2.72 bits per heavy atom. The van der Waals surface area contributed by atoms with Gasteiger partial charge in [0.15, 0.2) is 0 Å². The molecule has 2 rings (SSSR count). The summed E-state index contributed by atoms with van der Waals surface area (Å²) in [7, 11) is 0. The number of nitrogens with one attached hydrogen (secondary N) is 1. The minimum atomic E-state index is -0.309. The molecule has 0 aliphatic carbocycles. The van der Waals surface area contributed by atoms with Gasteiger partial charge < -0.3 is 0 Å². The van der Waals surface area contributed by atoms with Crippen molar-refractivity contribution in [3.8, 4) is 0 Å². The largest absolute Gasteiger partial charge is 0.272 e. The van der Waals surface area contributed by atoms with Gasteiger partial charge in [-0.05, 0) is 30.5 Å². The number of nitrogens with zero attached hydrogens (tertiary/aromatic N) is 1. The Labute approximate surface area is 114 Å². The highest BCUT2D eigenvalue weighted by molar-refractivity contribution is 7.12. The van der Waals surface area contributed by atoms with E-state index in [1.165, 1.54) is 0 Å². The molecule has 0 saturated heterocycles. The van der Waals surface area contributed by atoms with E-state index < -0.39 is 0 Å². The third-order valence-corrected chi connectivity index (χ3v) is 3.63. The average Bonchev–Trinajstić information content (AvgIpc) is 2.90. The number of carbonyl (C=O) groups is 1. The maximum atomic E-state index is 11.8. The molecule has 0 radical (unpaired) electrons. The molecule has 0 saturated carbocycles. The van der Waals surface area contributed by atoms with Crippen molar-refractivity contribution >= 4 is 34.6 Å². The first-order valence-electron chi connectivity index (χ1n) is 5.31. The number of rotatable bonds is 3. The Morgan fingerprint density at radius 2 is 2.06 bits per heavy atom. The molecule has 5 heteroatoms. The zero-order valence-corrected chi connectivity index (χ0v) is 11.3. The number of halogens is 1. The molecule has 0 fully saturated rings. The van der Waals surface area contributed by atoms with Crippen molar-refractivity contribution in [1.29, 1.82) is 0 Å². The fourth-order valence-electron chi connectivity index (χ4n) is 1.38. The smallest absolute Gasteiger partial charge is 0.267 e. The summed E-state index contributed by atoms with van der Waals surface area (Å²) in [6.07, 6.45) is 0. The third kappa shape index (κ3) is 2.97. The second-order valence-corrected chi connectivity index (χ2v) is 4.95. The molecular weight excluding hydrogens is 268 g/mol. The fourth-order valence-corrected chi connectivity index (χ4v) is 2.28. The van der Waals surface area contributed by atoms with Crippen LogP contribution in [0.4, 0.5) is 0 Å². The van der Waals surface area contributed by atoms with Gasteiger partial charge in [-0.15, -0.1) is 11.3 Å². The Bertz CT molecular complexity index is 578. The molecule has 0 aliphatic heterocycles. The van der Waals surface area contributed by atoms with Gasteiger partial charge in [0.1, 0.15) is 0 Å². The molecule has 0 unspecified atom stereocenters. The molecular formula is C13H11ClN2OS. The van der Waals surface area contributed by atoms with Crippen LogP contribution in [0.25, 0.3) is 0 Å². The quantitative estimate of drug-likeness (QED) is 0.677. The first kappa shape index (κ1) is 12.8. The van der Waals surface area contributed by atoms with Crippen LogP contribution in [0.5, 0.6) is 0 Å². The van der Waals surface area contributed by atoms with Gasteiger partial charge in [0.05, 0.1) is 16.3 Å². The molecule has 1 aromatic carbocycles. The number of hydrazone groups is 1. The molecule has 0 aliphatic rings. The predicted molar refractivity (Wildman–Crippen MR) is 75.4 cm³/mol. The maximum absolute atomic E-state index is 11.8. The monoisotopic (exact) mass is 278 g/mol. The Balaban J connectivity index is 2.09. The number of amides is 1. The van der Waals surface area contributed by atoms with Crippen LogP contribution >= 0.6 is 22.9 Å². The van der Waals surface area contributed by atoms with E-state index in [0.29, 0.717) is 10.6 Å². The van der Waals surface area contributed by atoms with Crippen LogP contribution in [0.15, 0.2) is 46.9 Å². The SMILES string of the molecule is C/C(=N\NC(=O)c1ccccc1Cl)c1cccs1. The molecule has 1 N–H and O–H groups in total. The molecule has 2 aromatic rings. The first-order chi connectivity index (χ1) is 8.68. The van der Waals surface area contributed by atoms with Gasteiger partial charge >= 0.3 is 0 Å². The van der Waals surface area contributed by atoms with Gasteiger partial charge in [-0.3, -0.25) is 4.79 Å². The minimum absolute atomic E-state index is 0.309. The third-order valence-electron chi connectivity index (χ3n) is 2.32. The molecule has 92 valence electrons. The summed E-state index contributed by atoms with van der Waals surface area (Å²) in [6.45, 7) is 1.85. The highest BCUT2D eigenvalue weighted by atomic mass is 35.5. The molecule has 1 amide bonds. The van der Waals surface area contributed by atoms with Crippen LogP contribution in [0.2, 0.25) is 5.02 Å². The summed E-state index contributed by atoms with van der Waals surface area (Å²) in [5.74, 6) is -0.309. The lowest BCUT2D eigenvalue weighted by atomic mass is 10.2. The fraction of sp³-hybridized carbons (Fsp3) is 0.0769. The van der Waals surface area contributed by atoms with E-state index >= 15 is 0 Å². The van der Waals surface area contributed by atoms with Gasteiger partial charge in [0, 0.05) is 4.88 Å². The van der Waals surface area contributed by atoms with Gasteiger partial charge in [0.2, 0.25) is 0 Å². The Hall–Kier alpha value is -1.65. The number of hydrogen-bond donors (Lipinski definition) is 1. The first-order valence-corrected chi connectivity index (χ1v) is 6.57. The van der Waals surface area contributed by atoms with Crippen LogP contribution in [0, 0.1) is 0 Å². The van der Waals surface area contributed by atoms with Gasteiger partial charge in [0.25, 0.3) is 5.91 Å². The van der Waals surface area contributed by atoms with Crippen molar-refractivity contribution in [1.82, 2.24) is 5.43 Å². The summed E-state index contributed by atoms with van der Waals surface area (Å²) in [5.41, 5.74) is 3.69. The van der Waals surface area contributed by atoms with Crippen molar-refractivity contribution in [2.75, 3.05) is 0 Å². The van der Waals surface area contributed by atoms with E-state index in [1.807, 2.05) is 24.4 Å². The normalized spacial score (nSPS) is 11.3. The van der Waals surface area contributed by atoms with E-state index in [9.17, 15) is 4.79 Å². The Kier molecular flexibility index (Phi) is 4.12. The van der Waals surface area contributed by atoms with Crippen LogP contribution in [0.3, 0.4) is 0 Å². The van der Waals surface area contributed by atoms with Crippen molar-refractivity contribution in [3.05, 3.63) is 57.2 Å². The topological polar surface area (TPSA) is 41.5 Å². The molecule has 18 heavy (non-hydrogen) atoms. The summed E-state index contributed by atoms with van der Waals surface area (Å²) in [6, 6.07) is 10.8. The summed E-state index contributed by atoms with van der Waals surface area (Å²) in [4.78, 5) is 12.9. The zero-order valence-electron chi connectivity index (χ0n) is 9.68. The van der Waals surface area contributed by atoms with Gasteiger partial charge in [-0.2, -0.15) is 5.10 Å². The standard InChI is InChI=1S/C13H11ClN2OS/c1-9(12-7-4-8-18-12)15-16-13(17)10-5-2-3-6-11(10)14/h2-8H,1H3,(H,16,17)/b15-9+. The number of benzene rings is 1. The second-order valence-electron chi connectivity index (χ2n) is 3.60. The van der Waals surface area contributed by atoms with Crippen LogP contribution in [-0.2, 0) is 0 Å². The number of hydrogen-bond acceptors (Lipinski definition) is 3. The van der Waals surface area contributed by atoms with Crippen molar-refractivity contribution in [2.45, 2.75) is 6.92 Å². The number of thiophene rings is 1. The van der Waals surface area contributed by atoms with Gasteiger partial charge in [-0.1, -0.05) is 29.8 Å². The van der Waals surface area contributed by atoms with E-state index in [0.717, 1.165) is 10.6 Å². The molecule has 0 bridgehead atoms. The molecule has 1 aromatic heterocycles. The predicted octanol–water partition coefficient (Wildman–Crippen LogP) is 3.56. The van der Waals surface area contributed by atoms with Crippen molar-refractivity contribution in [3.63, 3.8) is 0 Å². The molecule has 3 nitrogen and oxygen atoms in total. The van der Waals surface area contributed by atoms with Crippen LogP contribution in [0.1, 0.15) is 22.2 Å². The van der Waals surface area contributed by atoms with Crippen molar-refractivity contribution < 1.29 is 4.79 Å². The lowest BCUT2D eigenvalue weighted by Crippen LogP contribution is -2.19. The molecule has 0 atom stereocenters. The zero-order chi connectivity index (χ0) is 13.0. The summed E-state index contributed by atoms with van der Waals surface area (Å²) < 4.78 is 0. The van der Waals surface area contributed by atoms with Crippen LogP contribution < -0.4 is 5.43 Å². The minimum Gasteiger partial charge on any atom is -0.267 e. The lowest BCUT2D eigenvalue weighted by molar-refractivity contribution is 0.0955. The maximum Gasteiger partial charge on any atom is 0.272 e. The average molecular weight is 279 g/mol. The second kappa shape index (κ2) is 5.80. The number of carbonyl (C=O) groups excluding carboxylic acids is 1. The van der Waals surface area contributed by atoms with Crippen molar-refractivity contribution in [2.24, 2.45) is 5.10 Å². The Morgan fingerprint density at radius 1 is 1.28 bits per heavy atom. The molecule has 1 heterocycles. The highest BCUT2D eigenvalue weighted by Crippen LogP contribution is 2.14. The van der Waals surface area contributed by atoms with E-state index in [4.69, 9.17) is 11.6 Å². The van der Waals surface area contributed by atoms with Gasteiger partial charge in [-0.25, -0.2) is 5.43 Å². The van der Waals surface area contributed by atoms with E-state index in [1.54, 1.807) is 35.6 Å². The summed E-state index contributed by atoms with van der Waals surface area (Å²) in [5, 5.41) is 6.43. The van der Waals surface area contributed by atoms with E-state index in [-0.39, 0.29) is 5.91 Å². The highest BCUT2D eigenvalue weighted by Gasteiger charge is 2.08. The summed E-state index contributed by atoms with van der Waals surface area (Å²) >= 11 is 7.50.